The summed E-state index contributed by atoms with van der Waals surface area (Å²) in [4.78, 5) is 28.7. The van der Waals surface area contributed by atoms with Gasteiger partial charge in [0.15, 0.2) is 11.5 Å². The van der Waals surface area contributed by atoms with E-state index in [1.807, 2.05) is 13.8 Å². The molecule has 10 nitrogen and oxygen atoms in total. The number of carbonyl (C=O) groups excluding carboxylic acids is 2. The Kier molecular flexibility index (Phi) is 11.2. The normalized spacial score (nSPS) is 12.5. The summed E-state index contributed by atoms with van der Waals surface area (Å²) in [6.07, 6.45) is 0.716. The second kappa shape index (κ2) is 14.6. The summed E-state index contributed by atoms with van der Waals surface area (Å²) < 4.78 is 44.9. The predicted octanol–water partition coefficient (Wildman–Crippen LogP) is 4.24. The van der Waals surface area contributed by atoms with Gasteiger partial charge in [0.05, 0.1) is 31.9 Å². The molecule has 0 aromatic heterocycles. The molecule has 3 rings (SSSR count). The first kappa shape index (κ1) is 32.3. The Morgan fingerprint density at radius 3 is 2.07 bits per heavy atom. The molecule has 3 aromatic carbocycles. The number of benzene rings is 3. The van der Waals surface area contributed by atoms with Crippen LogP contribution in [0.25, 0.3) is 0 Å². The van der Waals surface area contributed by atoms with Crippen LogP contribution in [0.4, 0.5) is 5.69 Å². The fourth-order valence-corrected chi connectivity index (χ4v) is 5.63. The van der Waals surface area contributed by atoms with Crippen LogP contribution in [0.3, 0.4) is 0 Å². The molecule has 0 saturated carbocycles. The Balaban J connectivity index is 2.06. The summed E-state index contributed by atoms with van der Waals surface area (Å²) in [7, 11) is 0.268. The molecule has 0 fully saturated rings. The summed E-state index contributed by atoms with van der Waals surface area (Å²) in [5, 5.41) is 2.92. The third-order valence-electron chi connectivity index (χ3n) is 6.95. The van der Waals surface area contributed by atoms with E-state index in [1.54, 1.807) is 68.6 Å². The molecule has 0 heterocycles. The molecule has 3 aromatic rings. The van der Waals surface area contributed by atoms with Crippen LogP contribution in [0.15, 0.2) is 77.7 Å². The topological polar surface area (TPSA) is 114 Å². The van der Waals surface area contributed by atoms with Crippen molar-refractivity contribution in [2.45, 2.75) is 50.7 Å². The van der Waals surface area contributed by atoms with Crippen molar-refractivity contribution in [3.05, 3.63) is 78.4 Å². The molecule has 0 aliphatic heterocycles. The molecule has 0 bridgehead atoms. The van der Waals surface area contributed by atoms with E-state index in [1.165, 1.54) is 37.3 Å². The number of sulfonamides is 1. The molecule has 2 amide bonds. The van der Waals surface area contributed by atoms with E-state index < -0.39 is 28.5 Å². The van der Waals surface area contributed by atoms with Crippen LogP contribution in [0.1, 0.15) is 32.8 Å². The zero-order valence-electron chi connectivity index (χ0n) is 24.9. The Labute approximate surface area is 248 Å². The maximum absolute atomic E-state index is 14.1. The van der Waals surface area contributed by atoms with Crippen LogP contribution >= 0.6 is 0 Å². The summed E-state index contributed by atoms with van der Waals surface area (Å²) in [5.41, 5.74) is 0.946. The molecular formula is C31H39N3O7S. The van der Waals surface area contributed by atoms with E-state index in [0.29, 0.717) is 23.7 Å². The number of hydrogen-bond acceptors (Lipinski definition) is 7. The zero-order valence-corrected chi connectivity index (χ0v) is 25.7. The third-order valence-corrected chi connectivity index (χ3v) is 8.73. The first-order valence-electron chi connectivity index (χ1n) is 13.6. The highest BCUT2D eigenvalue weighted by Gasteiger charge is 2.33. The molecule has 0 spiro atoms. The first-order valence-corrected chi connectivity index (χ1v) is 15.0. The van der Waals surface area contributed by atoms with Gasteiger partial charge < -0.3 is 24.4 Å². The zero-order chi connectivity index (χ0) is 30.9. The second-order valence-electron chi connectivity index (χ2n) is 9.73. The first-order chi connectivity index (χ1) is 20.0. The minimum absolute atomic E-state index is 0.0110. The van der Waals surface area contributed by atoms with Crippen molar-refractivity contribution < 1.29 is 32.2 Å². The van der Waals surface area contributed by atoms with E-state index in [0.717, 1.165) is 9.87 Å². The van der Waals surface area contributed by atoms with Gasteiger partial charge in [0.1, 0.15) is 18.3 Å². The van der Waals surface area contributed by atoms with Gasteiger partial charge in [-0.05, 0) is 62.2 Å². The monoisotopic (exact) mass is 597 g/mol. The van der Waals surface area contributed by atoms with Gasteiger partial charge in [-0.1, -0.05) is 37.3 Å². The molecule has 2 atom stereocenters. The highest BCUT2D eigenvalue weighted by molar-refractivity contribution is 7.92. The van der Waals surface area contributed by atoms with Crippen LogP contribution in [0.5, 0.6) is 17.2 Å². The lowest BCUT2D eigenvalue weighted by molar-refractivity contribution is -0.139. The van der Waals surface area contributed by atoms with Crippen molar-refractivity contribution >= 4 is 27.5 Å². The largest absolute Gasteiger partial charge is 0.497 e. The molecule has 0 aliphatic carbocycles. The SMILES string of the molecule is CC[C@@H](C)NC(=O)[C@H](C)N(Cc1ccc(OC)cc1)C(=O)CN(c1ccc(OC)c(OC)c1)S(=O)(=O)c1ccccc1. The number of rotatable bonds is 14. The van der Waals surface area contributed by atoms with Gasteiger partial charge in [-0.25, -0.2) is 8.42 Å². The van der Waals surface area contributed by atoms with Crippen LogP contribution in [-0.2, 0) is 26.2 Å². The number of nitrogens with zero attached hydrogens (tertiary/aromatic N) is 2. The second-order valence-corrected chi connectivity index (χ2v) is 11.6. The number of hydrogen-bond donors (Lipinski definition) is 1. The van der Waals surface area contributed by atoms with Crippen LogP contribution < -0.4 is 23.8 Å². The van der Waals surface area contributed by atoms with Gasteiger partial charge in [0.2, 0.25) is 11.8 Å². The number of carbonyl (C=O) groups is 2. The fourth-order valence-electron chi connectivity index (χ4n) is 4.20. The van der Waals surface area contributed by atoms with Crippen molar-refractivity contribution in [3.8, 4) is 17.2 Å². The average Bonchev–Trinajstić information content (AvgIpc) is 3.02. The van der Waals surface area contributed by atoms with Crippen molar-refractivity contribution in [2.24, 2.45) is 0 Å². The highest BCUT2D eigenvalue weighted by atomic mass is 32.2. The number of amides is 2. The minimum atomic E-state index is -4.21. The Bertz CT molecular complexity index is 1450. The molecule has 226 valence electrons. The van der Waals surface area contributed by atoms with E-state index in [9.17, 15) is 18.0 Å². The lowest BCUT2D eigenvalue weighted by Crippen LogP contribution is -2.52. The number of methoxy groups -OCH3 is 3. The van der Waals surface area contributed by atoms with Gasteiger partial charge in [0.25, 0.3) is 10.0 Å². The quantitative estimate of drug-likeness (QED) is 0.296. The molecule has 11 heteroatoms. The van der Waals surface area contributed by atoms with Crippen molar-refractivity contribution in [3.63, 3.8) is 0 Å². The van der Waals surface area contributed by atoms with Crippen LogP contribution in [0.2, 0.25) is 0 Å². The predicted molar refractivity (Wildman–Crippen MR) is 161 cm³/mol. The Morgan fingerprint density at radius 1 is 0.857 bits per heavy atom. The number of anilines is 1. The Hall–Kier alpha value is -4.25. The van der Waals surface area contributed by atoms with Gasteiger partial charge >= 0.3 is 0 Å². The summed E-state index contributed by atoms with van der Waals surface area (Å²) in [5.74, 6) is 0.447. The lowest BCUT2D eigenvalue weighted by atomic mass is 10.1. The molecule has 42 heavy (non-hydrogen) atoms. The highest BCUT2D eigenvalue weighted by Crippen LogP contribution is 2.34. The summed E-state index contributed by atoms with van der Waals surface area (Å²) >= 11 is 0. The number of ether oxygens (including phenoxy) is 3. The lowest BCUT2D eigenvalue weighted by Gasteiger charge is -2.32. The van der Waals surface area contributed by atoms with E-state index in [4.69, 9.17) is 14.2 Å². The van der Waals surface area contributed by atoms with E-state index in [-0.39, 0.29) is 29.1 Å². The van der Waals surface area contributed by atoms with Crippen molar-refractivity contribution in [1.82, 2.24) is 10.2 Å². The average molecular weight is 598 g/mol. The maximum atomic E-state index is 14.1. The molecule has 0 radical (unpaired) electrons. The molecular weight excluding hydrogens is 558 g/mol. The van der Waals surface area contributed by atoms with E-state index in [2.05, 4.69) is 5.32 Å². The Morgan fingerprint density at radius 2 is 1.50 bits per heavy atom. The smallest absolute Gasteiger partial charge is 0.264 e. The molecule has 0 unspecified atom stereocenters. The van der Waals surface area contributed by atoms with Crippen LogP contribution in [0, 0.1) is 0 Å². The summed E-state index contributed by atoms with van der Waals surface area (Å²) in [6, 6.07) is 18.6. The molecule has 0 aliphatic rings. The van der Waals surface area contributed by atoms with Crippen molar-refractivity contribution in [2.75, 3.05) is 32.2 Å². The molecule has 0 saturated heterocycles. The fraction of sp³-hybridized carbons (Fsp3) is 0.355. The maximum Gasteiger partial charge on any atom is 0.264 e. The van der Waals surface area contributed by atoms with Gasteiger partial charge in [-0.2, -0.15) is 0 Å². The van der Waals surface area contributed by atoms with Crippen molar-refractivity contribution in [1.29, 1.82) is 0 Å². The van der Waals surface area contributed by atoms with Crippen LogP contribution in [-0.4, -0.2) is 65.1 Å². The summed E-state index contributed by atoms with van der Waals surface area (Å²) in [6.45, 7) is 4.97. The van der Waals surface area contributed by atoms with Gasteiger partial charge in [-0.15, -0.1) is 0 Å². The van der Waals surface area contributed by atoms with E-state index >= 15 is 0 Å². The number of nitrogens with one attached hydrogen (secondary N) is 1. The standard InChI is InChI=1S/C31H39N3O7S/c1-7-22(2)32-31(36)23(3)33(20-24-13-16-26(39-4)17-14-24)30(35)21-34(42(37,38)27-11-9-8-10-12-27)25-15-18-28(40-5)29(19-25)41-6/h8-19,22-23H,7,20-21H2,1-6H3,(H,32,36)/t22-,23+/m1/s1. The minimum Gasteiger partial charge on any atom is -0.497 e. The van der Waals surface area contributed by atoms with Gasteiger partial charge in [-0.3, -0.25) is 13.9 Å². The van der Waals surface area contributed by atoms with Gasteiger partial charge in [0, 0.05) is 18.7 Å². The molecule has 1 N–H and O–H groups in total. The third kappa shape index (κ3) is 7.73.